The predicted molar refractivity (Wildman–Crippen MR) is 209 cm³/mol. The molecule has 6 rings (SSSR count). The van der Waals surface area contributed by atoms with Crippen LogP contribution in [0.4, 0.5) is 21.6 Å². The van der Waals surface area contributed by atoms with Crippen LogP contribution >= 0.6 is 46.2 Å². The summed E-state index contributed by atoms with van der Waals surface area (Å²) in [5.41, 5.74) is 5.85. The van der Waals surface area contributed by atoms with Crippen molar-refractivity contribution in [2.75, 3.05) is 26.6 Å². The van der Waals surface area contributed by atoms with E-state index in [1.165, 1.54) is 82.3 Å². The van der Waals surface area contributed by atoms with E-state index in [-0.39, 0.29) is 74.2 Å². The van der Waals surface area contributed by atoms with E-state index < -0.39 is 21.7 Å². The van der Waals surface area contributed by atoms with Gasteiger partial charge in [0.2, 0.25) is 22.1 Å². The van der Waals surface area contributed by atoms with Crippen molar-refractivity contribution in [2.24, 2.45) is 0 Å². The summed E-state index contributed by atoms with van der Waals surface area (Å²) in [7, 11) is 0. The first-order valence-electron chi connectivity index (χ1n) is 16.0. The standard InChI is InChI=1S/C31H26N14O8S4/c1-16(46)32-28-34-20(13-54-28)11-24-36-38-30(42(24)40-26(48)18-5-3-7-22(9-18)44(50)51)56-15-57-31-39-37-25(12-21-14-55-29(35-21)33-17(2)47)43(31)41-27(49)19-6-4-8-23(10-19)45(52)53/h3-10,13-14H,11-12,15H2,1-2H3,(H,40,48)(H,41,49)(H,32,34,46)(H,33,35,47). The number of rotatable bonds is 16. The lowest BCUT2D eigenvalue weighted by atomic mass is 10.2. The van der Waals surface area contributed by atoms with Gasteiger partial charge in [0.1, 0.15) is 0 Å². The number of nitrogens with one attached hydrogen (secondary N) is 4. The van der Waals surface area contributed by atoms with Gasteiger partial charge in [-0.05, 0) is 12.1 Å². The second-order valence-corrected chi connectivity index (χ2v) is 15.3. The van der Waals surface area contributed by atoms with Gasteiger partial charge in [0.15, 0.2) is 21.9 Å². The Balaban J connectivity index is 1.25. The van der Waals surface area contributed by atoms with Gasteiger partial charge in [-0.1, -0.05) is 35.7 Å². The topological polar surface area (TPSA) is 290 Å². The third kappa shape index (κ3) is 10.4. The summed E-state index contributed by atoms with van der Waals surface area (Å²) in [5.74, 6) is -1.49. The number of benzene rings is 2. The van der Waals surface area contributed by atoms with Crippen molar-refractivity contribution in [3.05, 3.63) is 114 Å². The van der Waals surface area contributed by atoms with Crippen LogP contribution in [0.1, 0.15) is 57.6 Å². The summed E-state index contributed by atoms with van der Waals surface area (Å²) in [4.78, 5) is 80.1. The van der Waals surface area contributed by atoms with Gasteiger partial charge in [-0.2, -0.15) is 0 Å². The maximum Gasteiger partial charge on any atom is 0.270 e. The second kappa shape index (κ2) is 17.9. The van der Waals surface area contributed by atoms with Crippen molar-refractivity contribution < 1.29 is 29.0 Å². The molecule has 4 amide bonds. The molecule has 292 valence electrons. The zero-order chi connectivity index (χ0) is 40.6. The van der Waals surface area contributed by atoms with Crippen LogP contribution < -0.4 is 21.5 Å². The van der Waals surface area contributed by atoms with E-state index in [0.29, 0.717) is 21.7 Å². The van der Waals surface area contributed by atoms with Gasteiger partial charge in [0.25, 0.3) is 23.2 Å². The molecule has 4 heterocycles. The zero-order valence-electron chi connectivity index (χ0n) is 29.3. The van der Waals surface area contributed by atoms with E-state index in [0.717, 1.165) is 35.7 Å². The largest absolute Gasteiger partial charge is 0.302 e. The molecule has 0 unspecified atom stereocenters. The third-order valence-electron chi connectivity index (χ3n) is 7.19. The lowest BCUT2D eigenvalue weighted by molar-refractivity contribution is -0.385. The summed E-state index contributed by atoms with van der Waals surface area (Å²) in [6.45, 7) is 2.70. The van der Waals surface area contributed by atoms with Gasteiger partial charge in [-0.15, -0.1) is 43.1 Å². The highest BCUT2D eigenvalue weighted by Gasteiger charge is 2.22. The number of thiazole rings is 2. The van der Waals surface area contributed by atoms with Crippen LogP contribution in [0.5, 0.6) is 0 Å². The van der Waals surface area contributed by atoms with Crippen LogP contribution in [0.25, 0.3) is 0 Å². The van der Waals surface area contributed by atoms with Crippen molar-refractivity contribution in [3.8, 4) is 0 Å². The van der Waals surface area contributed by atoms with Gasteiger partial charge in [-0.3, -0.25) is 50.3 Å². The fourth-order valence-electron chi connectivity index (χ4n) is 4.75. The van der Waals surface area contributed by atoms with Gasteiger partial charge < -0.3 is 10.6 Å². The molecule has 0 bridgehead atoms. The van der Waals surface area contributed by atoms with Crippen molar-refractivity contribution in [3.63, 3.8) is 0 Å². The van der Waals surface area contributed by atoms with E-state index in [9.17, 15) is 39.4 Å². The number of hydrogen-bond donors (Lipinski definition) is 4. The number of thioether (sulfide) groups is 2. The zero-order valence-corrected chi connectivity index (χ0v) is 32.5. The minimum Gasteiger partial charge on any atom is -0.302 e. The number of aromatic nitrogens is 8. The van der Waals surface area contributed by atoms with Crippen LogP contribution in [0.2, 0.25) is 0 Å². The monoisotopic (exact) mass is 850 g/mol. The number of nitrogens with zero attached hydrogens (tertiary/aromatic N) is 10. The molecule has 6 aromatic rings. The first-order valence-corrected chi connectivity index (χ1v) is 19.8. The Kier molecular flexibility index (Phi) is 12.6. The van der Waals surface area contributed by atoms with Crippen molar-refractivity contribution in [2.45, 2.75) is 37.0 Å². The fourth-order valence-corrected chi connectivity index (χ4v) is 8.09. The molecule has 0 aliphatic carbocycles. The summed E-state index contributed by atoms with van der Waals surface area (Å²) < 4.78 is 2.64. The lowest BCUT2D eigenvalue weighted by Gasteiger charge is -2.12. The molecule has 26 heteroatoms. The third-order valence-corrected chi connectivity index (χ3v) is 10.8. The molecule has 0 saturated heterocycles. The van der Waals surface area contributed by atoms with Crippen molar-refractivity contribution >= 4 is 91.5 Å². The average Bonchev–Trinajstić information content (AvgIpc) is 3.98. The van der Waals surface area contributed by atoms with Crippen LogP contribution in [-0.4, -0.2) is 78.3 Å². The maximum atomic E-state index is 13.4. The minimum atomic E-state index is -0.691. The molecule has 0 saturated carbocycles. The van der Waals surface area contributed by atoms with Crippen LogP contribution in [-0.2, 0) is 22.4 Å². The number of hydrogen-bond acceptors (Lipinski definition) is 18. The maximum absolute atomic E-state index is 13.4. The summed E-state index contributed by atoms with van der Waals surface area (Å²) >= 11 is 4.62. The molecule has 0 spiro atoms. The fraction of sp³-hybridized carbons (Fsp3) is 0.161. The quantitative estimate of drug-likeness (QED) is 0.0457. The summed E-state index contributed by atoms with van der Waals surface area (Å²) in [5, 5.41) is 49.6. The average molecular weight is 851 g/mol. The SMILES string of the molecule is CC(=O)Nc1nc(Cc2nnc(SCSc3nnc(Cc4csc(NC(C)=O)n4)n3NC(=O)c3cccc([N+](=O)[O-])c3)n2NC(=O)c2cccc([N+](=O)[O-])c2)cs1. The molecular weight excluding hydrogens is 825 g/mol. The number of nitro groups is 2. The molecule has 0 radical (unpaired) electrons. The lowest BCUT2D eigenvalue weighted by Crippen LogP contribution is -2.26. The Bertz CT molecular complexity index is 2340. The van der Waals surface area contributed by atoms with Gasteiger partial charge in [-0.25, -0.2) is 19.3 Å². The first kappa shape index (κ1) is 40.0. The molecule has 2 aromatic carbocycles. The highest BCUT2D eigenvalue weighted by atomic mass is 32.2. The number of amides is 4. The van der Waals surface area contributed by atoms with Crippen LogP contribution in [0.15, 0.2) is 69.6 Å². The smallest absolute Gasteiger partial charge is 0.270 e. The second-order valence-electron chi connectivity index (χ2n) is 11.4. The van der Waals surface area contributed by atoms with Crippen LogP contribution in [0, 0.1) is 20.2 Å². The van der Waals surface area contributed by atoms with Crippen LogP contribution in [0.3, 0.4) is 0 Å². The van der Waals surface area contributed by atoms with E-state index in [1.54, 1.807) is 10.8 Å². The molecule has 0 fully saturated rings. The Morgan fingerprint density at radius 1 is 0.684 bits per heavy atom. The number of carbonyl (C=O) groups excluding carboxylic acids is 4. The Hall–Kier alpha value is -6.64. The van der Waals surface area contributed by atoms with Crippen molar-refractivity contribution in [1.82, 2.24) is 39.7 Å². The van der Waals surface area contributed by atoms with Gasteiger partial charge in [0.05, 0.1) is 39.2 Å². The Morgan fingerprint density at radius 3 is 1.49 bits per heavy atom. The number of non-ortho nitro benzene ring substituents is 2. The Morgan fingerprint density at radius 2 is 1.11 bits per heavy atom. The molecule has 4 N–H and O–H groups in total. The minimum absolute atomic E-state index is 0.000191. The number of anilines is 2. The predicted octanol–water partition coefficient (Wildman–Crippen LogP) is 4.31. The molecule has 22 nitrogen and oxygen atoms in total. The molecule has 4 aromatic heterocycles. The van der Waals surface area contributed by atoms with E-state index in [1.807, 2.05) is 0 Å². The van der Waals surface area contributed by atoms with Crippen molar-refractivity contribution in [1.29, 1.82) is 0 Å². The number of nitro benzene ring substituents is 2. The normalized spacial score (nSPS) is 10.8. The molecule has 0 aliphatic heterocycles. The van der Waals surface area contributed by atoms with E-state index >= 15 is 0 Å². The van der Waals surface area contributed by atoms with E-state index in [4.69, 9.17) is 0 Å². The highest BCUT2D eigenvalue weighted by Crippen LogP contribution is 2.28. The van der Waals surface area contributed by atoms with Gasteiger partial charge in [0, 0.05) is 60.0 Å². The highest BCUT2D eigenvalue weighted by molar-refractivity contribution is 8.15. The first-order chi connectivity index (χ1) is 27.3. The molecule has 0 atom stereocenters. The number of carbonyl (C=O) groups is 4. The molecular formula is C31H26N14O8S4. The summed E-state index contributed by atoms with van der Waals surface area (Å²) in [6, 6.07) is 10.3. The summed E-state index contributed by atoms with van der Waals surface area (Å²) in [6.07, 6.45) is 0.154. The van der Waals surface area contributed by atoms with Gasteiger partial charge >= 0.3 is 0 Å². The van der Waals surface area contributed by atoms with E-state index in [2.05, 4.69) is 51.8 Å². The Labute approximate surface area is 336 Å². The molecule has 0 aliphatic rings. The molecule has 57 heavy (non-hydrogen) atoms.